The number of nitrogens with one attached hydrogen (secondary N) is 1. The second kappa shape index (κ2) is 6.25. The topological polar surface area (TPSA) is 119 Å². The maximum absolute atomic E-state index is 8.86. The van der Waals surface area contributed by atoms with E-state index in [0.29, 0.717) is 13.1 Å². The molecular formula is C7H18N2O4. The summed E-state index contributed by atoms with van der Waals surface area (Å²) in [6.07, 6.45) is 0.793. The number of unbranched alkanes of at least 4 members (excludes halogenated alkanes) is 2. The van der Waals surface area contributed by atoms with E-state index in [9.17, 15) is 0 Å². The first-order valence-electron chi connectivity index (χ1n) is 4.27. The fraction of sp³-hybridized carbons (Fsp3) is 1.00. The molecule has 0 aliphatic rings. The van der Waals surface area contributed by atoms with Crippen molar-refractivity contribution in [3.63, 3.8) is 0 Å². The second-order valence-corrected chi connectivity index (χ2v) is 2.89. The van der Waals surface area contributed by atoms with Gasteiger partial charge in [0.25, 0.3) is 0 Å². The number of hydrogen-bond acceptors (Lipinski definition) is 6. The summed E-state index contributed by atoms with van der Waals surface area (Å²) in [5.74, 6) is -3.08. The highest BCUT2D eigenvalue weighted by Crippen LogP contribution is 1.98. The van der Waals surface area contributed by atoms with Crippen LogP contribution in [0.1, 0.15) is 19.3 Å². The molecule has 80 valence electrons. The van der Waals surface area contributed by atoms with Gasteiger partial charge in [0, 0.05) is 0 Å². The van der Waals surface area contributed by atoms with E-state index in [1.54, 1.807) is 0 Å². The molecule has 0 aromatic rings. The number of hydrogen-bond donors (Lipinski definition) is 6. The third-order valence-electron chi connectivity index (χ3n) is 1.59. The first-order chi connectivity index (χ1) is 5.98. The molecule has 1 unspecified atom stereocenters. The number of aliphatic hydroxyl groups is 4. The SMILES string of the molecule is NCCCCCNC(O)C(O)(O)O. The molecule has 0 bridgehead atoms. The first kappa shape index (κ1) is 12.8. The molecule has 0 amide bonds. The molecule has 0 heterocycles. The van der Waals surface area contributed by atoms with E-state index in [1.165, 1.54) is 0 Å². The molecule has 13 heavy (non-hydrogen) atoms. The van der Waals surface area contributed by atoms with Crippen LogP contribution < -0.4 is 11.1 Å². The molecule has 0 fully saturated rings. The normalized spacial score (nSPS) is 14.5. The molecule has 0 saturated heterocycles. The summed E-state index contributed by atoms with van der Waals surface area (Å²) >= 11 is 0. The minimum atomic E-state index is -3.08. The van der Waals surface area contributed by atoms with Crippen molar-refractivity contribution in [3.05, 3.63) is 0 Å². The Morgan fingerprint density at radius 2 is 1.77 bits per heavy atom. The van der Waals surface area contributed by atoms with Gasteiger partial charge in [-0.2, -0.15) is 0 Å². The van der Waals surface area contributed by atoms with Gasteiger partial charge < -0.3 is 26.2 Å². The predicted molar refractivity (Wildman–Crippen MR) is 46.3 cm³/mol. The highest BCUT2D eigenvalue weighted by atomic mass is 16.7. The lowest BCUT2D eigenvalue weighted by Gasteiger charge is -2.21. The number of nitrogens with two attached hydrogens (primary N) is 1. The average Bonchev–Trinajstić information content (AvgIpc) is 2.02. The fourth-order valence-electron chi connectivity index (χ4n) is 0.822. The van der Waals surface area contributed by atoms with E-state index >= 15 is 0 Å². The lowest BCUT2D eigenvalue weighted by atomic mass is 10.2. The Morgan fingerprint density at radius 1 is 1.15 bits per heavy atom. The van der Waals surface area contributed by atoms with Crippen molar-refractivity contribution in [2.24, 2.45) is 5.73 Å². The highest BCUT2D eigenvalue weighted by molar-refractivity contribution is 4.60. The number of rotatable bonds is 7. The van der Waals surface area contributed by atoms with Crippen LogP contribution >= 0.6 is 0 Å². The molecule has 7 N–H and O–H groups in total. The highest BCUT2D eigenvalue weighted by Gasteiger charge is 2.29. The van der Waals surface area contributed by atoms with Gasteiger partial charge in [0.15, 0.2) is 6.23 Å². The van der Waals surface area contributed by atoms with Crippen LogP contribution in [0.4, 0.5) is 0 Å². The Labute approximate surface area is 77.0 Å². The summed E-state index contributed by atoms with van der Waals surface area (Å²) in [6.45, 7) is 1.01. The van der Waals surface area contributed by atoms with Gasteiger partial charge >= 0.3 is 5.97 Å². The molecule has 0 rings (SSSR count). The molecule has 0 aromatic carbocycles. The minimum absolute atomic E-state index is 0.393. The standard InChI is InChI=1S/C7H18N2O4/c8-4-2-1-3-5-9-6(10)7(11,12)13/h6,9-13H,1-5,8H2. The van der Waals surface area contributed by atoms with E-state index in [1.807, 2.05) is 0 Å². The summed E-state index contributed by atoms with van der Waals surface area (Å²) < 4.78 is 0. The van der Waals surface area contributed by atoms with Gasteiger partial charge in [-0.1, -0.05) is 6.42 Å². The maximum Gasteiger partial charge on any atom is 0.317 e. The van der Waals surface area contributed by atoms with Gasteiger partial charge in [-0.05, 0) is 25.9 Å². The minimum Gasteiger partial charge on any atom is -0.371 e. The summed E-state index contributed by atoms with van der Waals surface area (Å²) in [5.41, 5.74) is 5.25. The fourth-order valence-corrected chi connectivity index (χ4v) is 0.822. The average molecular weight is 194 g/mol. The molecule has 0 aliphatic heterocycles. The first-order valence-corrected chi connectivity index (χ1v) is 4.27. The van der Waals surface area contributed by atoms with Crippen LogP contribution in [0.25, 0.3) is 0 Å². The van der Waals surface area contributed by atoms with Crippen molar-refractivity contribution < 1.29 is 20.4 Å². The van der Waals surface area contributed by atoms with Crippen LogP contribution in [0.2, 0.25) is 0 Å². The van der Waals surface area contributed by atoms with Crippen LogP contribution in [0.3, 0.4) is 0 Å². The molecule has 0 spiro atoms. The van der Waals surface area contributed by atoms with Crippen LogP contribution in [0.5, 0.6) is 0 Å². The Morgan fingerprint density at radius 3 is 2.23 bits per heavy atom. The third kappa shape index (κ3) is 6.88. The Hall–Kier alpha value is -0.240. The second-order valence-electron chi connectivity index (χ2n) is 2.89. The van der Waals surface area contributed by atoms with Gasteiger partial charge in [0.1, 0.15) is 0 Å². The van der Waals surface area contributed by atoms with Gasteiger partial charge in [-0.3, -0.25) is 5.32 Å². The lowest BCUT2D eigenvalue weighted by Crippen LogP contribution is -2.51. The van der Waals surface area contributed by atoms with Crippen LogP contribution in [-0.4, -0.2) is 45.7 Å². The van der Waals surface area contributed by atoms with Crippen LogP contribution in [0.15, 0.2) is 0 Å². The van der Waals surface area contributed by atoms with Crippen molar-refractivity contribution in [2.75, 3.05) is 13.1 Å². The zero-order valence-corrected chi connectivity index (χ0v) is 7.48. The van der Waals surface area contributed by atoms with Crippen molar-refractivity contribution in [1.29, 1.82) is 0 Å². The van der Waals surface area contributed by atoms with Gasteiger partial charge in [0.2, 0.25) is 0 Å². The largest absolute Gasteiger partial charge is 0.371 e. The van der Waals surface area contributed by atoms with E-state index in [4.69, 9.17) is 26.2 Å². The van der Waals surface area contributed by atoms with Crippen molar-refractivity contribution in [3.8, 4) is 0 Å². The molecule has 6 heteroatoms. The van der Waals surface area contributed by atoms with E-state index in [0.717, 1.165) is 19.3 Å². The van der Waals surface area contributed by atoms with Crippen LogP contribution in [0, 0.1) is 0 Å². The summed E-state index contributed by atoms with van der Waals surface area (Å²) in [7, 11) is 0. The molecule has 0 aromatic heterocycles. The molecule has 0 saturated carbocycles. The Kier molecular flexibility index (Phi) is 6.13. The third-order valence-corrected chi connectivity index (χ3v) is 1.59. The molecule has 1 atom stereocenters. The van der Waals surface area contributed by atoms with Gasteiger partial charge in [0.05, 0.1) is 0 Å². The predicted octanol–water partition coefficient (Wildman–Crippen LogP) is -2.35. The summed E-state index contributed by atoms with van der Waals surface area (Å²) in [5, 5.41) is 36.6. The zero-order valence-electron chi connectivity index (χ0n) is 7.48. The molecule has 0 aliphatic carbocycles. The summed E-state index contributed by atoms with van der Waals surface area (Å²) in [4.78, 5) is 0. The smallest absolute Gasteiger partial charge is 0.317 e. The van der Waals surface area contributed by atoms with Gasteiger partial charge in [-0.15, -0.1) is 0 Å². The lowest BCUT2D eigenvalue weighted by molar-refractivity contribution is -0.360. The van der Waals surface area contributed by atoms with Crippen molar-refractivity contribution >= 4 is 0 Å². The van der Waals surface area contributed by atoms with Crippen molar-refractivity contribution in [1.82, 2.24) is 5.32 Å². The van der Waals surface area contributed by atoms with E-state index in [2.05, 4.69) is 5.32 Å². The zero-order chi connectivity index (χ0) is 10.3. The molecule has 0 radical (unpaired) electrons. The Bertz CT molecular complexity index is 126. The molecular weight excluding hydrogens is 176 g/mol. The van der Waals surface area contributed by atoms with E-state index in [-0.39, 0.29) is 0 Å². The van der Waals surface area contributed by atoms with Gasteiger partial charge in [-0.25, -0.2) is 0 Å². The quantitative estimate of drug-likeness (QED) is 0.199. The maximum atomic E-state index is 8.86. The molecule has 6 nitrogen and oxygen atoms in total. The summed E-state index contributed by atoms with van der Waals surface area (Å²) in [6, 6.07) is 0. The van der Waals surface area contributed by atoms with E-state index < -0.39 is 12.2 Å². The Balaban J connectivity index is 3.32. The van der Waals surface area contributed by atoms with Crippen LogP contribution in [-0.2, 0) is 0 Å². The monoisotopic (exact) mass is 194 g/mol. The number of aliphatic hydroxyl groups excluding tert-OH is 1. The van der Waals surface area contributed by atoms with Crippen molar-refractivity contribution in [2.45, 2.75) is 31.5 Å².